The van der Waals surface area contributed by atoms with Gasteiger partial charge in [0.05, 0.1) is 11.6 Å². The number of hydrogen-bond donors (Lipinski definition) is 1. The minimum atomic E-state index is 0.294. The van der Waals surface area contributed by atoms with Crippen molar-refractivity contribution in [3.05, 3.63) is 24.3 Å². The standard InChI is InChI=1S/C12H17N3O/c1-9(7-8-16-2)15-11-6-4-3-5-10(11)12(13)14-15/h3-6,9H,7-8H2,1-2H3,(H2,13,14). The van der Waals surface area contributed by atoms with Crippen molar-refractivity contribution < 1.29 is 4.74 Å². The number of para-hydroxylation sites is 1. The van der Waals surface area contributed by atoms with Crippen LogP contribution in [-0.4, -0.2) is 23.5 Å². The number of nitrogens with zero attached hydrogens (tertiary/aromatic N) is 2. The fourth-order valence-corrected chi connectivity index (χ4v) is 1.86. The topological polar surface area (TPSA) is 53.1 Å². The summed E-state index contributed by atoms with van der Waals surface area (Å²) in [4.78, 5) is 0. The molecule has 4 nitrogen and oxygen atoms in total. The minimum absolute atomic E-state index is 0.294. The molecule has 0 radical (unpaired) electrons. The highest BCUT2D eigenvalue weighted by Crippen LogP contribution is 2.24. The van der Waals surface area contributed by atoms with Crippen LogP contribution in [0.25, 0.3) is 10.9 Å². The second kappa shape index (κ2) is 4.53. The smallest absolute Gasteiger partial charge is 0.153 e. The minimum Gasteiger partial charge on any atom is -0.385 e. The molecule has 2 N–H and O–H groups in total. The van der Waals surface area contributed by atoms with Crippen molar-refractivity contribution in [1.29, 1.82) is 0 Å². The maximum absolute atomic E-state index is 5.88. The van der Waals surface area contributed by atoms with Gasteiger partial charge in [0.1, 0.15) is 0 Å². The van der Waals surface area contributed by atoms with Crippen molar-refractivity contribution in [2.75, 3.05) is 19.5 Å². The van der Waals surface area contributed by atoms with Crippen LogP contribution >= 0.6 is 0 Å². The average molecular weight is 219 g/mol. The van der Waals surface area contributed by atoms with Gasteiger partial charge in [-0.15, -0.1) is 0 Å². The monoisotopic (exact) mass is 219 g/mol. The van der Waals surface area contributed by atoms with E-state index in [4.69, 9.17) is 10.5 Å². The molecule has 0 bridgehead atoms. The summed E-state index contributed by atoms with van der Waals surface area (Å²) in [7, 11) is 1.71. The van der Waals surface area contributed by atoms with Gasteiger partial charge in [-0.05, 0) is 25.5 Å². The molecular formula is C12H17N3O. The Morgan fingerprint density at radius 3 is 2.94 bits per heavy atom. The van der Waals surface area contributed by atoms with E-state index in [2.05, 4.69) is 12.0 Å². The van der Waals surface area contributed by atoms with E-state index in [0.717, 1.165) is 23.9 Å². The largest absolute Gasteiger partial charge is 0.385 e. The van der Waals surface area contributed by atoms with Crippen molar-refractivity contribution in [2.45, 2.75) is 19.4 Å². The molecular weight excluding hydrogens is 202 g/mol. The fraction of sp³-hybridized carbons (Fsp3) is 0.417. The van der Waals surface area contributed by atoms with E-state index in [-0.39, 0.29) is 0 Å². The van der Waals surface area contributed by atoms with Crippen molar-refractivity contribution >= 4 is 16.7 Å². The molecule has 4 heteroatoms. The van der Waals surface area contributed by atoms with E-state index in [0.29, 0.717) is 11.9 Å². The highest BCUT2D eigenvalue weighted by Gasteiger charge is 2.12. The molecule has 86 valence electrons. The first-order chi connectivity index (χ1) is 7.74. The normalized spacial score (nSPS) is 13.1. The molecule has 0 aliphatic carbocycles. The zero-order valence-corrected chi connectivity index (χ0v) is 9.68. The molecule has 1 aromatic heterocycles. The Hall–Kier alpha value is -1.55. The summed E-state index contributed by atoms with van der Waals surface area (Å²) in [5, 5.41) is 5.40. The number of nitrogen functional groups attached to an aromatic ring is 1. The first-order valence-corrected chi connectivity index (χ1v) is 5.45. The zero-order valence-electron chi connectivity index (χ0n) is 9.68. The van der Waals surface area contributed by atoms with Crippen LogP contribution in [0.1, 0.15) is 19.4 Å². The van der Waals surface area contributed by atoms with E-state index in [9.17, 15) is 0 Å². The van der Waals surface area contributed by atoms with Crippen LogP contribution in [0.2, 0.25) is 0 Å². The highest BCUT2D eigenvalue weighted by molar-refractivity contribution is 5.89. The molecule has 1 aromatic carbocycles. The Bertz CT molecular complexity index is 478. The lowest BCUT2D eigenvalue weighted by Gasteiger charge is -2.12. The van der Waals surface area contributed by atoms with E-state index < -0.39 is 0 Å². The van der Waals surface area contributed by atoms with Crippen molar-refractivity contribution in [3.63, 3.8) is 0 Å². The average Bonchev–Trinajstić information content (AvgIpc) is 2.65. The first kappa shape index (κ1) is 11.0. The van der Waals surface area contributed by atoms with Crippen molar-refractivity contribution in [1.82, 2.24) is 9.78 Å². The Morgan fingerprint density at radius 2 is 2.19 bits per heavy atom. The van der Waals surface area contributed by atoms with Crippen LogP contribution in [0, 0.1) is 0 Å². The van der Waals surface area contributed by atoms with E-state index in [1.54, 1.807) is 7.11 Å². The third-order valence-electron chi connectivity index (χ3n) is 2.80. The van der Waals surface area contributed by atoms with Gasteiger partial charge in [0.15, 0.2) is 5.82 Å². The van der Waals surface area contributed by atoms with E-state index >= 15 is 0 Å². The van der Waals surface area contributed by atoms with Gasteiger partial charge < -0.3 is 10.5 Å². The number of rotatable bonds is 4. The van der Waals surface area contributed by atoms with Crippen LogP contribution in [0.3, 0.4) is 0 Å². The Kier molecular flexibility index (Phi) is 3.10. The van der Waals surface area contributed by atoms with E-state index in [1.165, 1.54) is 0 Å². The number of fused-ring (bicyclic) bond motifs is 1. The van der Waals surface area contributed by atoms with Crippen molar-refractivity contribution in [2.24, 2.45) is 0 Å². The molecule has 0 aliphatic rings. The predicted molar refractivity (Wildman–Crippen MR) is 65.3 cm³/mol. The molecule has 16 heavy (non-hydrogen) atoms. The summed E-state index contributed by atoms with van der Waals surface area (Å²) < 4.78 is 7.06. The Morgan fingerprint density at radius 1 is 1.44 bits per heavy atom. The lowest BCUT2D eigenvalue weighted by molar-refractivity contribution is 0.179. The lowest BCUT2D eigenvalue weighted by Crippen LogP contribution is -2.09. The first-order valence-electron chi connectivity index (χ1n) is 5.45. The second-order valence-electron chi connectivity index (χ2n) is 3.98. The number of aromatic nitrogens is 2. The summed E-state index contributed by atoms with van der Waals surface area (Å²) >= 11 is 0. The van der Waals surface area contributed by atoms with Crippen molar-refractivity contribution in [3.8, 4) is 0 Å². The van der Waals surface area contributed by atoms with Gasteiger partial charge in [0.25, 0.3) is 0 Å². The summed E-state index contributed by atoms with van der Waals surface area (Å²) in [5.41, 5.74) is 6.97. The zero-order chi connectivity index (χ0) is 11.5. The highest BCUT2D eigenvalue weighted by atomic mass is 16.5. The molecule has 0 amide bonds. The SMILES string of the molecule is COCCC(C)n1nc(N)c2ccccc21. The predicted octanol–water partition coefficient (Wildman–Crippen LogP) is 2.22. The van der Waals surface area contributed by atoms with Crippen LogP contribution in [0.4, 0.5) is 5.82 Å². The van der Waals surface area contributed by atoms with E-state index in [1.807, 2.05) is 28.9 Å². The Balaban J connectivity index is 2.37. The maximum atomic E-state index is 5.88. The van der Waals surface area contributed by atoms with Gasteiger partial charge in [-0.3, -0.25) is 4.68 Å². The third-order valence-corrected chi connectivity index (χ3v) is 2.80. The lowest BCUT2D eigenvalue weighted by atomic mass is 10.2. The molecule has 0 spiro atoms. The van der Waals surface area contributed by atoms with Gasteiger partial charge in [0.2, 0.25) is 0 Å². The molecule has 2 rings (SSSR count). The summed E-state index contributed by atoms with van der Waals surface area (Å²) in [5.74, 6) is 0.597. The number of methoxy groups -OCH3 is 1. The summed E-state index contributed by atoms with van der Waals surface area (Å²) in [6.45, 7) is 2.85. The summed E-state index contributed by atoms with van der Waals surface area (Å²) in [6, 6.07) is 8.31. The fourth-order valence-electron chi connectivity index (χ4n) is 1.86. The number of ether oxygens (including phenoxy) is 1. The third kappa shape index (κ3) is 1.88. The molecule has 1 unspecified atom stereocenters. The van der Waals surface area contributed by atoms with Gasteiger partial charge in [-0.25, -0.2) is 0 Å². The molecule has 2 aromatic rings. The van der Waals surface area contributed by atoms with Crippen LogP contribution in [0.5, 0.6) is 0 Å². The number of nitrogens with two attached hydrogens (primary N) is 1. The molecule has 0 saturated heterocycles. The van der Waals surface area contributed by atoms with Crippen LogP contribution in [0.15, 0.2) is 24.3 Å². The van der Waals surface area contributed by atoms with Gasteiger partial charge in [-0.2, -0.15) is 5.10 Å². The Labute approximate surface area is 95.0 Å². The quantitative estimate of drug-likeness (QED) is 0.857. The van der Waals surface area contributed by atoms with Gasteiger partial charge in [-0.1, -0.05) is 12.1 Å². The number of anilines is 1. The number of hydrogen-bond acceptors (Lipinski definition) is 3. The van der Waals surface area contributed by atoms with Crippen LogP contribution < -0.4 is 5.73 Å². The van der Waals surface area contributed by atoms with Gasteiger partial charge in [0, 0.05) is 19.1 Å². The van der Waals surface area contributed by atoms with Crippen LogP contribution in [-0.2, 0) is 4.74 Å². The maximum Gasteiger partial charge on any atom is 0.153 e. The molecule has 1 atom stereocenters. The summed E-state index contributed by atoms with van der Waals surface area (Å²) in [6.07, 6.45) is 0.932. The van der Waals surface area contributed by atoms with Gasteiger partial charge >= 0.3 is 0 Å². The molecule has 0 saturated carbocycles. The number of benzene rings is 1. The second-order valence-corrected chi connectivity index (χ2v) is 3.98. The molecule has 1 heterocycles. The molecule has 0 fully saturated rings. The molecule has 0 aliphatic heterocycles.